The van der Waals surface area contributed by atoms with Gasteiger partial charge in [0.1, 0.15) is 0 Å². The monoisotopic (exact) mass is 902 g/mol. The third kappa shape index (κ3) is 11.4. The average Bonchev–Trinajstić information content (AvgIpc) is 4.07. The lowest BCUT2D eigenvalue weighted by molar-refractivity contribution is 0.238. The summed E-state index contributed by atoms with van der Waals surface area (Å²) in [5, 5.41) is 26.7. The summed E-state index contributed by atoms with van der Waals surface area (Å²) in [5.74, 6) is 0. The third-order valence-electron chi connectivity index (χ3n) is 10.8. The lowest BCUT2D eigenvalue weighted by Crippen LogP contribution is -2.28. The minimum absolute atomic E-state index is 0.316. The normalized spacial score (nSPS) is 11.4. The van der Waals surface area contributed by atoms with Crippen molar-refractivity contribution in [1.82, 2.24) is 78.5 Å². The predicted octanol–water partition coefficient (Wildman–Crippen LogP) is 0.503. The fourth-order valence-electron chi connectivity index (χ4n) is 7.43. The van der Waals surface area contributed by atoms with Crippen LogP contribution in [0.15, 0.2) is 157 Å². The van der Waals surface area contributed by atoms with Gasteiger partial charge < -0.3 is 0 Å². The van der Waals surface area contributed by atoms with Crippen LogP contribution in [0.25, 0.3) is 0 Å². The van der Waals surface area contributed by atoms with E-state index in [1.807, 2.05) is 91.4 Å². The van der Waals surface area contributed by atoms with Gasteiger partial charge in [-0.2, -0.15) is 0 Å². The minimum Gasteiger partial charge on any atom is -0.296 e. The lowest BCUT2D eigenvalue weighted by atomic mass is 10.1. The standard InChI is InChI=1S/C45H42N16O6/c62-40-13-16-56(43(65)46-40)19-31-1-7-34(8-2-31)22-59-28-37(49-52-59)25-55(26-38-29-60(53-50-38)23-35-9-3-32(4-10-35)20-57-17-14-41(63)47-44(57)66)27-39-30-61(54-51-39)24-36-11-5-33(6-12-36)21-58-18-15-42(64)48-45(58)67/h1-18,28-30H,19-27H2,(H,46,62,65)(H,47,63,66)(H,48,64,67). The minimum atomic E-state index is -0.469. The number of hydrogen-bond acceptors (Lipinski definition) is 13. The molecule has 0 aliphatic heterocycles. The van der Waals surface area contributed by atoms with Crippen LogP contribution < -0.4 is 33.7 Å². The van der Waals surface area contributed by atoms with Gasteiger partial charge in [-0.15, -0.1) is 15.3 Å². The Labute approximate surface area is 377 Å². The van der Waals surface area contributed by atoms with Gasteiger partial charge in [0, 0.05) is 56.4 Å². The number of aromatic nitrogens is 15. The van der Waals surface area contributed by atoms with Crippen molar-refractivity contribution in [2.45, 2.75) is 58.9 Å². The van der Waals surface area contributed by atoms with Crippen molar-refractivity contribution < 1.29 is 0 Å². The highest BCUT2D eigenvalue weighted by molar-refractivity contribution is 5.25. The van der Waals surface area contributed by atoms with E-state index in [9.17, 15) is 28.8 Å². The van der Waals surface area contributed by atoms with E-state index in [1.165, 1.54) is 50.5 Å². The molecule has 9 aromatic rings. The van der Waals surface area contributed by atoms with Gasteiger partial charge >= 0.3 is 17.1 Å². The zero-order valence-electron chi connectivity index (χ0n) is 35.8. The molecule has 0 spiro atoms. The van der Waals surface area contributed by atoms with Crippen LogP contribution in [0.2, 0.25) is 0 Å². The molecule has 0 saturated carbocycles. The van der Waals surface area contributed by atoms with Crippen molar-refractivity contribution in [2.75, 3.05) is 0 Å². The van der Waals surface area contributed by atoms with Crippen LogP contribution in [0.5, 0.6) is 0 Å². The first-order valence-electron chi connectivity index (χ1n) is 21.0. The van der Waals surface area contributed by atoms with Crippen LogP contribution in [-0.4, -0.2) is 78.5 Å². The molecule has 67 heavy (non-hydrogen) atoms. The average molecular weight is 903 g/mol. The van der Waals surface area contributed by atoms with Crippen LogP contribution in [0, 0.1) is 0 Å². The molecule has 338 valence electrons. The Balaban J connectivity index is 0.864. The maximum atomic E-state index is 12.1. The Hall–Kier alpha value is -8.92. The molecule has 0 radical (unpaired) electrons. The van der Waals surface area contributed by atoms with Gasteiger partial charge in [-0.25, -0.2) is 28.4 Å². The van der Waals surface area contributed by atoms with E-state index in [2.05, 4.69) is 50.8 Å². The first-order chi connectivity index (χ1) is 32.5. The molecule has 6 aromatic heterocycles. The predicted molar refractivity (Wildman–Crippen MR) is 241 cm³/mol. The van der Waals surface area contributed by atoms with Crippen LogP contribution in [0.1, 0.15) is 50.5 Å². The van der Waals surface area contributed by atoms with Gasteiger partial charge in [-0.05, 0) is 33.4 Å². The summed E-state index contributed by atoms with van der Waals surface area (Å²) >= 11 is 0. The summed E-state index contributed by atoms with van der Waals surface area (Å²) in [7, 11) is 0. The summed E-state index contributed by atoms with van der Waals surface area (Å²) in [4.78, 5) is 79.7. The fourth-order valence-corrected chi connectivity index (χ4v) is 7.43. The fraction of sp³-hybridized carbons (Fsp3) is 0.200. The smallest absolute Gasteiger partial charge is 0.296 e. The quantitative estimate of drug-likeness (QED) is 0.106. The molecule has 0 atom stereocenters. The van der Waals surface area contributed by atoms with Crippen LogP contribution in [0.3, 0.4) is 0 Å². The molecule has 0 aliphatic carbocycles. The van der Waals surface area contributed by atoms with Crippen LogP contribution in [-0.2, 0) is 58.9 Å². The maximum absolute atomic E-state index is 12.1. The van der Waals surface area contributed by atoms with Crippen molar-refractivity contribution in [3.8, 4) is 0 Å². The first-order valence-corrected chi connectivity index (χ1v) is 21.0. The third-order valence-corrected chi connectivity index (χ3v) is 10.8. The van der Waals surface area contributed by atoms with Crippen molar-refractivity contribution in [1.29, 1.82) is 0 Å². The van der Waals surface area contributed by atoms with Gasteiger partial charge in [0.2, 0.25) is 0 Å². The number of aromatic amines is 3. The van der Waals surface area contributed by atoms with E-state index in [0.717, 1.165) is 50.5 Å². The van der Waals surface area contributed by atoms with E-state index < -0.39 is 33.7 Å². The molecule has 0 bridgehead atoms. The van der Waals surface area contributed by atoms with E-state index in [0.29, 0.717) is 58.9 Å². The number of nitrogens with one attached hydrogen (secondary N) is 3. The number of rotatable bonds is 18. The molecule has 0 saturated heterocycles. The molecule has 0 fully saturated rings. The number of benzene rings is 3. The van der Waals surface area contributed by atoms with E-state index in [-0.39, 0.29) is 0 Å². The molecular formula is C45H42N16O6. The van der Waals surface area contributed by atoms with Gasteiger partial charge in [0.25, 0.3) is 16.7 Å². The Bertz CT molecular complexity index is 3130. The van der Waals surface area contributed by atoms with Crippen LogP contribution >= 0.6 is 0 Å². The van der Waals surface area contributed by atoms with E-state index in [4.69, 9.17) is 0 Å². The Morgan fingerprint density at radius 1 is 0.358 bits per heavy atom. The second kappa shape index (κ2) is 19.4. The molecule has 9 rings (SSSR count). The molecule has 6 heterocycles. The Kier molecular flexibility index (Phi) is 12.6. The highest BCUT2D eigenvalue weighted by Gasteiger charge is 2.16. The summed E-state index contributed by atoms with van der Waals surface area (Å²) in [6.45, 7) is 3.57. The van der Waals surface area contributed by atoms with Gasteiger partial charge in [-0.3, -0.25) is 47.9 Å². The van der Waals surface area contributed by atoms with Crippen molar-refractivity contribution in [2.24, 2.45) is 0 Å². The van der Waals surface area contributed by atoms with Crippen LogP contribution in [0.4, 0.5) is 0 Å². The van der Waals surface area contributed by atoms with E-state index >= 15 is 0 Å². The second-order valence-corrected chi connectivity index (χ2v) is 16.0. The zero-order valence-corrected chi connectivity index (χ0v) is 35.8. The second-order valence-electron chi connectivity index (χ2n) is 16.0. The van der Waals surface area contributed by atoms with Gasteiger partial charge in [0.15, 0.2) is 0 Å². The molecular weight excluding hydrogens is 861 g/mol. The summed E-state index contributed by atoms with van der Waals surface area (Å²) < 4.78 is 9.58. The topological polar surface area (TPSA) is 260 Å². The lowest BCUT2D eigenvalue weighted by Gasteiger charge is -2.18. The summed E-state index contributed by atoms with van der Waals surface area (Å²) in [6, 6.07) is 27.3. The number of hydrogen-bond donors (Lipinski definition) is 3. The highest BCUT2D eigenvalue weighted by Crippen LogP contribution is 2.15. The maximum Gasteiger partial charge on any atom is 0.328 e. The molecule has 22 nitrogen and oxygen atoms in total. The number of H-pyrrole nitrogens is 3. The summed E-state index contributed by atoms with van der Waals surface area (Å²) in [5.41, 5.74) is 5.09. The summed E-state index contributed by atoms with van der Waals surface area (Å²) in [6.07, 6.45) is 10.1. The molecule has 3 aromatic carbocycles. The highest BCUT2D eigenvalue weighted by atomic mass is 16.2. The Morgan fingerprint density at radius 3 is 0.866 bits per heavy atom. The first kappa shape index (κ1) is 43.3. The van der Waals surface area contributed by atoms with Crippen molar-refractivity contribution in [3.63, 3.8) is 0 Å². The Morgan fingerprint density at radius 2 is 0.612 bits per heavy atom. The van der Waals surface area contributed by atoms with E-state index in [1.54, 1.807) is 14.0 Å². The largest absolute Gasteiger partial charge is 0.328 e. The van der Waals surface area contributed by atoms with Crippen molar-refractivity contribution >= 4 is 0 Å². The van der Waals surface area contributed by atoms with Gasteiger partial charge in [0.05, 0.1) is 74.9 Å². The molecule has 22 heteroatoms. The molecule has 0 aliphatic rings. The number of nitrogens with zero attached hydrogens (tertiary/aromatic N) is 13. The zero-order chi connectivity index (χ0) is 46.3. The molecule has 0 amide bonds. The van der Waals surface area contributed by atoms with Gasteiger partial charge in [-0.1, -0.05) is 88.4 Å². The molecule has 3 N–H and O–H groups in total. The SMILES string of the molecule is O=c1ccn(Cc2ccc(Cn3cc(CN(Cc4cn(Cc5ccc(Cn6ccc(=O)[nH]c6=O)cc5)nn4)Cc4cn(Cc5ccc(Cn6ccc(=O)[nH]c6=O)cc5)nn4)nn3)cc2)c(=O)[nH]1. The molecule has 0 unspecified atom stereocenters. The van der Waals surface area contributed by atoms with Crippen molar-refractivity contribution in [3.05, 3.63) is 241 Å².